The fraction of sp³-hybridized carbons (Fsp3) is 0.500. The standard InChI is InChI=1S/C16H21FN2O4/c1-10-5-12(15(20)21)9-19(8-10)16(22)18-7-11-3-4-14(23-2)13(17)6-11/h3-4,6,10,12H,5,7-9H2,1-2H3,(H,18,22)(H,20,21). The summed E-state index contributed by atoms with van der Waals surface area (Å²) in [5.74, 6) is -1.63. The molecule has 0 radical (unpaired) electrons. The van der Waals surface area contributed by atoms with E-state index < -0.39 is 17.7 Å². The van der Waals surface area contributed by atoms with Crippen molar-refractivity contribution in [3.8, 4) is 5.75 Å². The molecule has 2 atom stereocenters. The molecule has 0 spiro atoms. The average Bonchev–Trinajstić information content (AvgIpc) is 2.52. The zero-order chi connectivity index (χ0) is 17.0. The van der Waals surface area contributed by atoms with Crippen LogP contribution in [0.1, 0.15) is 18.9 Å². The van der Waals surface area contributed by atoms with Gasteiger partial charge in [0, 0.05) is 19.6 Å². The molecule has 23 heavy (non-hydrogen) atoms. The number of halogens is 1. The van der Waals surface area contributed by atoms with E-state index in [1.165, 1.54) is 24.1 Å². The topological polar surface area (TPSA) is 78.9 Å². The number of piperidine rings is 1. The van der Waals surface area contributed by atoms with Crippen molar-refractivity contribution in [1.29, 1.82) is 0 Å². The molecule has 0 bridgehead atoms. The molecule has 0 aliphatic carbocycles. The van der Waals surface area contributed by atoms with Gasteiger partial charge in [-0.2, -0.15) is 0 Å². The lowest BCUT2D eigenvalue weighted by molar-refractivity contribution is -0.143. The van der Waals surface area contributed by atoms with Gasteiger partial charge in [-0.05, 0) is 30.0 Å². The van der Waals surface area contributed by atoms with Crippen LogP contribution in [0.5, 0.6) is 5.75 Å². The Hall–Kier alpha value is -2.31. The molecule has 0 aromatic heterocycles. The minimum Gasteiger partial charge on any atom is -0.494 e. The Labute approximate surface area is 134 Å². The van der Waals surface area contributed by atoms with Crippen LogP contribution < -0.4 is 10.1 Å². The Balaban J connectivity index is 1.93. The number of methoxy groups -OCH3 is 1. The van der Waals surface area contributed by atoms with Crippen LogP contribution in [-0.2, 0) is 11.3 Å². The van der Waals surface area contributed by atoms with E-state index in [1.807, 2.05) is 6.92 Å². The van der Waals surface area contributed by atoms with Gasteiger partial charge >= 0.3 is 12.0 Å². The predicted molar refractivity (Wildman–Crippen MR) is 81.7 cm³/mol. The summed E-state index contributed by atoms with van der Waals surface area (Å²) < 4.78 is 18.4. The molecule has 1 heterocycles. The van der Waals surface area contributed by atoms with Crippen LogP contribution >= 0.6 is 0 Å². The maximum atomic E-state index is 13.6. The highest BCUT2D eigenvalue weighted by Gasteiger charge is 2.31. The lowest BCUT2D eigenvalue weighted by atomic mass is 9.91. The van der Waals surface area contributed by atoms with Crippen molar-refractivity contribution in [3.05, 3.63) is 29.6 Å². The zero-order valence-electron chi connectivity index (χ0n) is 13.2. The van der Waals surface area contributed by atoms with E-state index >= 15 is 0 Å². The van der Waals surface area contributed by atoms with Crippen LogP contribution in [0.15, 0.2) is 18.2 Å². The van der Waals surface area contributed by atoms with Crippen molar-refractivity contribution < 1.29 is 23.8 Å². The molecule has 2 rings (SSSR count). The smallest absolute Gasteiger partial charge is 0.317 e. The fourth-order valence-corrected chi connectivity index (χ4v) is 2.81. The number of ether oxygens (including phenoxy) is 1. The molecule has 2 unspecified atom stereocenters. The van der Waals surface area contributed by atoms with E-state index in [4.69, 9.17) is 9.84 Å². The first-order valence-corrected chi connectivity index (χ1v) is 7.48. The van der Waals surface area contributed by atoms with E-state index in [0.29, 0.717) is 18.5 Å². The van der Waals surface area contributed by atoms with E-state index in [-0.39, 0.29) is 30.8 Å². The number of carboxylic acids is 1. The Kier molecular flexibility index (Phi) is 5.41. The van der Waals surface area contributed by atoms with E-state index in [2.05, 4.69) is 5.32 Å². The number of rotatable bonds is 4. The molecule has 1 aromatic carbocycles. The number of benzene rings is 1. The van der Waals surface area contributed by atoms with Gasteiger partial charge in [-0.3, -0.25) is 4.79 Å². The third-order valence-electron chi connectivity index (χ3n) is 3.96. The normalized spacial score (nSPS) is 20.9. The fourth-order valence-electron chi connectivity index (χ4n) is 2.81. The molecular weight excluding hydrogens is 303 g/mol. The quantitative estimate of drug-likeness (QED) is 0.889. The lowest BCUT2D eigenvalue weighted by Gasteiger charge is -2.34. The molecule has 1 saturated heterocycles. The van der Waals surface area contributed by atoms with Crippen LogP contribution in [-0.4, -0.2) is 42.2 Å². The zero-order valence-corrected chi connectivity index (χ0v) is 13.2. The highest BCUT2D eigenvalue weighted by Crippen LogP contribution is 2.22. The summed E-state index contributed by atoms with van der Waals surface area (Å²) in [6, 6.07) is 4.14. The molecule has 1 aliphatic rings. The van der Waals surface area contributed by atoms with Gasteiger partial charge in [-0.25, -0.2) is 9.18 Å². The molecule has 2 amide bonds. The number of urea groups is 1. The average molecular weight is 324 g/mol. The number of carbonyl (C=O) groups excluding carboxylic acids is 1. The van der Waals surface area contributed by atoms with Crippen molar-refractivity contribution in [3.63, 3.8) is 0 Å². The lowest BCUT2D eigenvalue weighted by Crippen LogP contribution is -2.49. The summed E-state index contributed by atoms with van der Waals surface area (Å²) in [4.78, 5) is 24.8. The number of nitrogens with zero attached hydrogens (tertiary/aromatic N) is 1. The molecule has 126 valence electrons. The van der Waals surface area contributed by atoms with Gasteiger partial charge in [0.1, 0.15) is 0 Å². The number of aliphatic carboxylic acids is 1. The van der Waals surface area contributed by atoms with Crippen LogP contribution in [0.25, 0.3) is 0 Å². The second-order valence-corrected chi connectivity index (χ2v) is 5.91. The second kappa shape index (κ2) is 7.30. The van der Waals surface area contributed by atoms with Crippen molar-refractivity contribution in [2.24, 2.45) is 11.8 Å². The predicted octanol–water partition coefficient (Wildman–Crippen LogP) is 2.09. The summed E-state index contributed by atoms with van der Waals surface area (Å²) in [5.41, 5.74) is 0.608. The van der Waals surface area contributed by atoms with Crippen LogP contribution in [0.2, 0.25) is 0 Å². The Morgan fingerprint density at radius 3 is 2.78 bits per heavy atom. The monoisotopic (exact) mass is 324 g/mol. The molecule has 0 saturated carbocycles. The number of likely N-dealkylation sites (tertiary alicyclic amines) is 1. The molecule has 7 heteroatoms. The SMILES string of the molecule is COc1ccc(CNC(=O)N2CC(C)CC(C(=O)O)C2)cc1F. The highest BCUT2D eigenvalue weighted by molar-refractivity contribution is 5.76. The van der Waals surface area contributed by atoms with Gasteiger partial charge in [0.2, 0.25) is 0 Å². The number of carboxylic acid groups (broad SMARTS) is 1. The number of hydrogen-bond donors (Lipinski definition) is 2. The summed E-state index contributed by atoms with van der Waals surface area (Å²) in [7, 11) is 1.39. The summed E-state index contributed by atoms with van der Waals surface area (Å²) in [5, 5.41) is 11.8. The maximum Gasteiger partial charge on any atom is 0.317 e. The maximum absolute atomic E-state index is 13.6. The van der Waals surface area contributed by atoms with Gasteiger partial charge in [-0.1, -0.05) is 13.0 Å². The highest BCUT2D eigenvalue weighted by atomic mass is 19.1. The Morgan fingerprint density at radius 2 is 2.17 bits per heavy atom. The Bertz CT molecular complexity index is 593. The number of nitrogens with one attached hydrogen (secondary N) is 1. The Morgan fingerprint density at radius 1 is 1.43 bits per heavy atom. The van der Waals surface area contributed by atoms with Crippen LogP contribution in [0.4, 0.5) is 9.18 Å². The molecule has 1 fully saturated rings. The van der Waals surface area contributed by atoms with Gasteiger partial charge in [0.25, 0.3) is 0 Å². The van der Waals surface area contributed by atoms with Crippen LogP contribution in [0.3, 0.4) is 0 Å². The first kappa shape index (κ1) is 17.1. The number of hydrogen-bond acceptors (Lipinski definition) is 3. The molecular formula is C16H21FN2O4. The minimum atomic E-state index is -0.883. The number of carbonyl (C=O) groups is 2. The third-order valence-corrected chi connectivity index (χ3v) is 3.96. The van der Waals surface area contributed by atoms with Gasteiger partial charge in [0.05, 0.1) is 13.0 Å². The largest absolute Gasteiger partial charge is 0.494 e. The summed E-state index contributed by atoms with van der Waals surface area (Å²) in [6.07, 6.45) is 0.572. The second-order valence-electron chi connectivity index (χ2n) is 5.91. The van der Waals surface area contributed by atoms with Gasteiger partial charge in [0.15, 0.2) is 11.6 Å². The number of amides is 2. The van der Waals surface area contributed by atoms with E-state index in [9.17, 15) is 14.0 Å². The first-order valence-electron chi connectivity index (χ1n) is 7.48. The molecule has 1 aromatic rings. The molecule has 1 aliphatic heterocycles. The van der Waals surface area contributed by atoms with Crippen LogP contribution in [0, 0.1) is 17.7 Å². The molecule has 6 nitrogen and oxygen atoms in total. The minimum absolute atomic E-state index is 0.133. The van der Waals surface area contributed by atoms with Gasteiger partial charge < -0.3 is 20.1 Å². The van der Waals surface area contributed by atoms with E-state index in [1.54, 1.807) is 6.07 Å². The van der Waals surface area contributed by atoms with Gasteiger partial charge in [-0.15, -0.1) is 0 Å². The van der Waals surface area contributed by atoms with Crippen molar-refractivity contribution in [2.45, 2.75) is 19.9 Å². The first-order chi connectivity index (χ1) is 10.9. The summed E-state index contributed by atoms with van der Waals surface area (Å²) in [6.45, 7) is 2.81. The summed E-state index contributed by atoms with van der Waals surface area (Å²) >= 11 is 0. The van der Waals surface area contributed by atoms with Crippen molar-refractivity contribution >= 4 is 12.0 Å². The third kappa shape index (κ3) is 4.34. The van der Waals surface area contributed by atoms with Crippen molar-refractivity contribution in [2.75, 3.05) is 20.2 Å². The van der Waals surface area contributed by atoms with E-state index in [0.717, 1.165) is 0 Å². The molecule has 2 N–H and O–H groups in total. The van der Waals surface area contributed by atoms with Crippen molar-refractivity contribution in [1.82, 2.24) is 10.2 Å².